The van der Waals surface area contributed by atoms with Crippen LogP contribution in [0.25, 0.3) is 5.52 Å². The highest BCUT2D eigenvalue weighted by Gasteiger charge is 2.21. The quantitative estimate of drug-likeness (QED) is 0.531. The van der Waals surface area contributed by atoms with Gasteiger partial charge in [-0.1, -0.05) is 42.5 Å². The van der Waals surface area contributed by atoms with E-state index in [1.54, 1.807) is 22.7 Å². The molecule has 0 unspecified atom stereocenters. The topological polar surface area (TPSA) is 75.5 Å². The number of hydrogen-bond donors (Lipinski definition) is 2. The standard InChI is InChI=1S/C24H22N4O2/c1-16-12-17(2)14-19(13-16)26-23(29)21-20-10-6-7-11-28(20)22(27-21)24(30)25-15-18-8-4-3-5-9-18/h3-14H,15H2,1-2H3,(H,25,30)(H,26,29). The van der Waals surface area contributed by atoms with Crippen LogP contribution in [-0.4, -0.2) is 21.2 Å². The van der Waals surface area contributed by atoms with E-state index in [1.807, 2.05) is 68.4 Å². The lowest BCUT2D eigenvalue weighted by atomic mass is 10.1. The summed E-state index contributed by atoms with van der Waals surface area (Å²) in [6, 6.07) is 20.9. The van der Waals surface area contributed by atoms with E-state index in [0.717, 1.165) is 16.7 Å². The second-order valence-corrected chi connectivity index (χ2v) is 7.24. The molecule has 30 heavy (non-hydrogen) atoms. The average molecular weight is 398 g/mol. The number of benzene rings is 2. The van der Waals surface area contributed by atoms with E-state index in [0.29, 0.717) is 17.7 Å². The predicted octanol–water partition coefficient (Wildman–Crippen LogP) is 4.13. The van der Waals surface area contributed by atoms with Gasteiger partial charge in [-0.3, -0.25) is 14.0 Å². The Morgan fingerprint density at radius 2 is 1.60 bits per heavy atom. The minimum Gasteiger partial charge on any atom is -0.345 e. The van der Waals surface area contributed by atoms with Crippen LogP contribution in [0.3, 0.4) is 0 Å². The van der Waals surface area contributed by atoms with Crippen LogP contribution in [0.2, 0.25) is 0 Å². The van der Waals surface area contributed by atoms with E-state index in [2.05, 4.69) is 15.6 Å². The van der Waals surface area contributed by atoms with Gasteiger partial charge in [0.2, 0.25) is 5.82 Å². The first-order valence-electron chi connectivity index (χ1n) is 9.70. The number of fused-ring (bicyclic) bond motifs is 1. The molecule has 2 amide bonds. The van der Waals surface area contributed by atoms with Gasteiger partial charge in [-0.25, -0.2) is 4.98 Å². The Morgan fingerprint density at radius 3 is 2.33 bits per heavy atom. The third-order valence-corrected chi connectivity index (χ3v) is 4.74. The van der Waals surface area contributed by atoms with Crippen LogP contribution in [-0.2, 0) is 6.54 Å². The normalized spacial score (nSPS) is 10.7. The van der Waals surface area contributed by atoms with Crippen LogP contribution in [0.4, 0.5) is 5.69 Å². The largest absolute Gasteiger partial charge is 0.345 e. The Hall–Kier alpha value is -3.93. The zero-order valence-electron chi connectivity index (χ0n) is 16.8. The molecule has 2 N–H and O–H groups in total. The smallest absolute Gasteiger partial charge is 0.287 e. The predicted molar refractivity (Wildman–Crippen MR) is 117 cm³/mol. The van der Waals surface area contributed by atoms with Crippen molar-refractivity contribution in [3.8, 4) is 0 Å². The van der Waals surface area contributed by atoms with Gasteiger partial charge in [0.15, 0.2) is 5.69 Å². The Morgan fingerprint density at radius 1 is 0.900 bits per heavy atom. The SMILES string of the molecule is Cc1cc(C)cc(NC(=O)c2nc(C(=O)NCc3ccccc3)n3ccccc23)c1. The number of pyridine rings is 1. The zero-order valence-corrected chi connectivity index (χ0v) is 16.8. The summed E-state index contributed by atoms with van der Waals surface area (Å²) < 4.78 is 1.64. The molecule has 2 heterocycles. The van der Waals surface area contributed by atoms with Gasteiger partial charge in [0.25, 0.3) is 11.8 Å². The summed E-state index contributed by atoms with van der Waals surface area (Å²) in [5, 5.41) is 5.77. The lowest BCUT2D eigenvalue weighted by molar-refractivity contribution is 0.0940. The molecule has 0 fully saturated rings. The van der Waals surface area contributed by atoms with Crippen molar-refractivity contribution in [1.82, 2.24) is 14.7 Å². The van der Waals surface area contributed by atoms with Gasteiger partial charge in [0.1, 0.15) is 0 Å². The fourth-order valence-corrected chi connectivity index (χ4v) is 3.46. The van der Waals surface area contributed by atoms with Gasteiger partial charge in [0, 0.05) is 18.4 Å². The average Bonchev–Trinajstić information content (AvgIpc) is 3.12. The Labute approximate surface area is 174 Å². The van der Waals surface area contributed by atoms with Crippen LogP contribution in [0.1, 0.15) is 37.8 Å². The Kier molecular flexibility index (Phi) is 5.30. The number of aryl methyl sites for hydroxylation is 2. The highest BCUT2D eigenvalue weighted by atomic mass is 16.2. The number of imidazole rings is 1. The summed E-state index contributed by atoms with van der Waals surface area (Å²) in [6.45, 7) is 4.33. The zero-order chi connectivity index (χ0) is 21.1. The molecule has 6 heteroatoms. The van der Waals surface area contributed by atoms with Crippen molar-refractivity contribution in [3.05, 3.63) is 101 Å². The third-order valence-electron chi connectivity index (χ3n) is 4.74. The summed E-state index contributed by atoms with van der Waals surface area (Å²) in [4.78, 5) is 30.1. The number of rotatable bonds is 5. The highest BCUT2D eigenvalue weighted by molar-refractivity contribution is 6.09. The second kappa shape index (κ2) is 8.21. The molecule has 0 saturated heterocycles. The molecule has 0 aliphatic rings. The molecule has 0 bridgehead atoms. The number of anilines is 1. The number of aromatic nitrogens is 2. The van der Waals surface area contributed by atoms with Crippen molar-refractivity contribution in [2.75, 3.05) is 5.32 Å². The lowest BCUT2D eigenvalue weighted by Gasteiger charge is -2.06. The number of amides is 2. The second-order valence-electron chi connectivity index (χ2n) is 7.24. The molecular weight excluding hydrogens is 376 g/mol. The van der Waals surface area contributed by atoms with E-state index in [-0.39, 0.29) is 23.3 Å². The first-order valence-corrected chi connectivity index (χ1v) is 9.70. The fraction of sp³-hybridized carbons (Fsp3) is 0.125. The minimum absolute atomic E-state index is 0.173. The van der Waals surface area contributed by atoms with Gasteiger partial charge >= 0.3 is 0 Å². The van der Waals surface area contributed by atoms with Gasteiger partial charge in [-0.2, -0.15) is 0 Å². The molecule has 4 rings (SSSR count). The monoisotopic (exact) mass is 398 g/mol. The molecule has 0 saturated carbocycles. The molecule has 4 aromatic rings. The van der Waals surface area contributed by atoms with Crippen LogP contribution < -0.4 is 10.6 Å². The molecule has 2 aromatic carbocycles. The summed E-state index contributed by atoms with van der Waals surface area (Å²) in [5.74, 6) is -0.525. The van der Waals surface area contributed by atoms with E-state index in [1.165, 1.54) is 0 Å². The van der Waals surface area contributed by atoms with Crippen molar-refractivity contribution >= 4 is 23.0 Å². The van der Waals surface area contributed by atoms with Gasteiger partial charge in [0.05, 0.1) is 5.52 Å². The van der Waals surface area contributed by atoms with Crippen molar-refractivity contribution in [1.29, 1.82) is 0 Å². The van der Waals surface area contributed by atoms with Gasteiger partial charge < -0.3 is 10.6 Å². The van der Waals surface area contributed by atoms with E-state index in [9.17, 15) is 9.59 Å². The highest BCUT2D eigenvalue weighted by Crippen LogP contribution is 2.18. The van der Waals surface area contributed by atoms with Crippen molar-refractivity contribution in [3.63, 3.8) is 0 Å². The van der Waals surface area contributed by atoms with Crippen molar-refractivity contribution < 1.29 is 9.59 Å². The maximum atomic E-state index is 12.9. The lowest BCUT2D eigenvalue weighted by Crippen LogP contribution is -2.25. The number of nitrogens with zero attached hydrogens (tertiary/aromatic N) is 2. The van der Waals surface area contributed by atoms with Crippen LogP contribution in [0.5, 0.6) is 0 Å². The number of carbonyl (C=O) groups excluding carboxylic acids is 2. The van der Waals surface area contributed by atoms with E-state index < -0.39 is 0 Å². The Balaban J connectivity index is 1.61. The molecule has 0 aliphatic carbocycles. The minimum atomic E-state index is -0.356. The molecule has 0 aliphatic heterocycles. The molecule has 6 nitrogen and oxygen atoms in total. The van der Waals surface area contributed by atoms with Crippen LogP contribution in [0.15, 0.2) is 72.9 Å². The summed E-state index contributed by atoms with van der Waals surface area (Å²) >= 11 is 0. The van der Waals surface area contributed by atoms with E-state index >= 15 is 0 Å². The number of nitrogens with one attached hydrogen (secondary N) is 2. The third kappa shape index (κ3) is 4.07. The van der Waals surface area contributed by atoms with E-state index in [4.69, 9.17) is 0 Å². The number of carbonyl (C=O) groups is 2. The molecule has 0 spiro atoms. The first kappa shape index (κ1) is 19.4. The van der Waals surface area contributed by atoms with Crippen LogP contribution in [0, 0.1) is 13.8 Å². The maximum absolute atomic E-state index is 12.9. The molecular formula is C24H22N4O2. The number of hydrogen-bond acceptors (Lipinski definition) is 3. The van der Waals surface area contributed by atoms with Crippen molar-refractivity contribution in [2.24, 2.45) is 0 Å². The first-order chi connectivity index (χ1) is 14.5. The van der Waals surface area contributed by atoms with Crippen molar-refractivity contribution in [2.45, 2.75) is 20.4 Å². The molecule has 2 aromatic heterocycles. The molecule has 0 atom stereocenters. The van der Waals surface area contributed by atoms with Gasteiger partial charge in [-0.05, 0) is 54.8 Å². The van der Waals surface area contributed by atoms with Gasteiger partial charge in [-0.15, -0.1) is 0 Å². The summed E-state index contributed by atoms with van der Waals surface area (Å²) in [7, 11) is 0. The van der Waals surface area contributed by atoms with Crippen LogP contribution >= 0.6 is 0 Å². The summed E-state index contributed by atoms with van der Waals surface area (Å²) in [5.41, 5.74) is 4.58. The summed E-state index contributed by atoms with van der Waals surface area (Å²) in [6.07, 6.45) is 1.73. The molecule has 150 valence electrons. The Bertz CT molecular complexity index is 1210. The fourth-order valence-electron chi connectivity index (χ4n) is 3.46. The maximum Gasteiger partial charge on any atom is 0.287 e. The molecule has 0 radical (unpaired) electrons.